The Hall–Kier alpha value is -1.18. The first-order valence-electron chi connectivity index (χ1n) is 5.69. The summed E-state index contributed by atoms with van der Waals surface area (Å²) in [6, 6.07) is -1.04. The fourth-order valence-electron chi connectivity index (χ4n) is 1.07. The summed E-state index contributed by atoms with van der Waals surface area (Å²) in [5.41, 5.74) is 4.88. The smallest absolute Gasteiger partial charge is 0.308 e. The Kier molecular flexibility index (Phi) is 6.82. The molecule has 0 aliphatic carbocycles. The van der Waals surface area contributed by atoms with Gasteiger partial charge in [-0.2, -0.15) is 0 Å². The number of aliphatic hydroxyl groups is 2. The highest BCUT2D eigenvalue weighted by Crippen LogP contribution is 2.08. The molecule has 0 radical (unpaired) electrons. The summed E-state index contributed by atoms with van der Waals surface area (Å²) in [5, 5.41) is 19.9. The molecule has 2 atom stereocenters. The topological polar surface area (TPSA) is 122 Å². The van der Waals surface area contributed by atoms with Crippen molar-refractivity contribution in [2.75, 3.05) is 13.2 Å². The number of nitrogens with two attached hydrogens (primary N) is 1. The molecule has 0 aromatic heterocycles. The van der Waals surface area contributed by atoms with Crippen molar-refractivity contribution in [3.8, 4) is 0 Å². The zero-order valence-electron chi connectivity index (χ0n) is 11.0. The highest BCUT2D eigenvalue weighted by molar-refractivity contribution is 5.86. The van der Waals surface area contributed by atoms with Crippen LogP contribution in [0.2, 0.25) is 0 Å². The monoisotopic (exact) mass is 262 g/mol. The molecule has 0 saturated carbocycles. The molecule has 0 fully saturated rings. The SMILES string of the molecule is CC(C)(C)OC(=O)CC(N)C(=O)NCC(O)CO. The number of ether oxygens (including phenoxy) is 1. The van der Waals surface area contributed by atoms with Crippen LogP contribution >= 0.6 is 0 Å². The predicted octanol–water partition coefficient (Wildman–Crippen LogP) is -1.49. The van der Waals surface area contributed by atoms with Gasteiger partial charge in [-0.05, 0) is 20.8 Å². The zero-order chi connectivity index (χ0) is 14.3. The van der Waals surface area contributed by atoms with Gasteiger partial charge < -0.3 is 26.0 Å². The molecule has 0 saturated heterocycles. The van der Waals surface area contributed by atoms with Crippen molar-refractivity contribution in [2.24, 2.45) is 5.73 Å². The number of nitrogens with one attached hydrogen (secondary N) is 1. The lowest BCUT2D eigenvalue weighted by atomic mass is 10.1. The van der Waals surface area contributed by atoms with Gasteiger partial charge in [-0.3, -0.25) is 9.59 Å². The van der Waals surface area contributed by atoms with Crippen LogP contribution in [-0.4, -0.2) is 53.0 Å². The minimum Gasteiger partial charge on any atom is -0.460 e. The second-order valence-electron chi connectivity index (χ2n) is 4.98. The van der Waals surface area contributed by atoms with Gasteiger partial charge in [0.1, 0.15) is 5.60 Å². The van der Waals surface area contributed by atoms with E-state index in [1.165, 1.54) is 0 Å². The number of carbonyl (C=O) groups is 2. The quantitative estimate of drug-likeness (QED) is 0.433. The Morgan fingerprint density at radius 2 is 1.94 bits per heavy atom. The van der Waals surface area contributed by atoms with E-state index in [0.717, 1.165) is 0 Å². The van der Waals surface area contributed by atoms with E-state index in [9.17, 15) is 9.59 Å². The summed E-state index contributed by atoms with van der Waals surface area (Å²) >= 11 is 0. The molecule has 0 aliphatic heterocycles. The maximum Gasteiger partial charge on any atom is 0.308 e. The van der Waals surface area contributed by atoms with Crippen molar-refractivity contribution in [1.29, 1.82) is 0 Å². The number of rotatable bonds is 6. The van der Waals surface area contributed by atoms with E-state index in [1.54, 1.807) is 20.8 Å². The number of aliphatic hydroxyl groups excluding tert-OH is 2. The molecule has 0 aromatic rings. The molecular formula is C11H22N2O5. The predicted molar refractivity (Wildman–Crippen MR) is 64.5 cm³/mol. The number of carbonyl (C=O) groups excluding carboxylic acids is 2. The van der Waals surface area contributed by atoms with Gasteiger partial charge in [0.2, 0.25) is 5.91 Å². The first kappa shape index (κ1) is 16.8. The van der Waals surface area contributed by atoms with Crippen LogP contribution in [0.1, 0.15) is 27.2 Å². The van der Waals surface area contributed by atoms with E-state index in [2.05, 4.69) is 5.32 Å². The van der Waals surface area contributed by atoms with E-state index in [1.807, 2.05) is 0 Å². The molecule has 1 amide bonds. The van der Waals surface area contributed by atoms with Gasteiger partial charge in [0.25, 0.3) is 0 Å². The van der Waals surface area contributed by atoms with E-state index in [4.69, 9.17) is 20.7 Å². The van der Waals surface area contributed by atoms with Gasteiger partial charge in [-0.15, -0.1) is 0 Å². The van der Waals surface area contributed by atoms with Crippen LogP contribution in [0.15, 0.2) is 0 Å². The molecule has 0 aliphatic rings. The van der Waals surface area contributed by atoms with E-state index in [0.29, 0.717) is 0 Å². The lowest BCUT2D eigenvalue weighted by Gasteiger charge is -2.20. The van der Waals surface area contributed by atoms with Gasteiger partial charge in [-0.1, -0.05) is 0 Å². The molecule has 18 heavy (non-hydrogen) atoms. The number of hydrogen-bond acceptors (Lipinski definition) is 6. The van der Waals surface area contributed by atoms with E-state index in [-0.39, 0.29) is 13.0 Å². The van der Waals surface area contributed by atoms with Gasteiger partial charge >= 0.3 is 5.97 Å². The first-order chi connectivity index (χ1) is 8.15. The average Bonchev–Trinajstić information content (AvgIpc) is 2.22. The van der Waals surface area contributed by atoms with Gasteiger partial charge in [0.15, 0.2) is 0 Å². The number of amides is 1. The number of esters is 1. The lowest BCUT2D eigenvalue weighted by molar-refractivity contribution is -0.156. The van der Waals surface area contributed by atoms with Crippen LogP contribution in [-0.2, 0) is 14.3 Å². The van der Waals surface area contributed by atoms with Crippen LogP contribution in [0.3, 0.4) is 0 Å². The van der Waals surface area contributed by atoms with Gasteiger partial charge in [0, 0.05) is 6.54 Å². The van der Waals surface area contributed by atoms with Crippen LogP contribution in [0, 0.1) is 0 Å². The molecule has 5 N–H and O–H groups in total. The molecule has 7 heteroatoms. The van der Waals surface area contributed by atoms with Crippen molar-refractivity contribution < 1.29 is 24.5 Å². The van der Waals surface area contributed by atoms with Crippen molar-refractivity contribution in [3.05, 3.63) is 0 Å². The fourth-order valence-corrected chi connectivity index (χ4v) is 1.07. The summed E-state index contributed by atoms with van der Waals surface area (Å²) in [5.74, 6) is -1.14. The van der Waals surface area contributed by atoms with Gasteiger partial charge in [0.05, 0.1) is 25.2 Å². The summed E-state index contributed by atoms with van der Waals surface area (Å²) in [7, 11) is 0. The van der Waals surface area contributed by atoms with Crippen LogP contribution in [0.5, 0.6) is 0 Å². The van der Waals surface area contributed by atoms with Crippen molar-refractivity contribution >= 4 is 11.9 Å². The first-order valence-corrected chi connectivity index (χ1v) is 5.69. The highest BCUT2D eigenvalue weighted by Gasteiger charge is 2.22. The van der Waals surface area contributed by atoms with Crippen LogP contribution in [0.4, 0.5) is 0 Å². The van der Waals surface area contributed by atoms with Crippen LogP contribution < -0.4 is 11.1 Å². The molecule has 0 heterocycles. The molecule has 2 unspecified atom stereocenters. The van der Waals surface area contributed by atoms with Crippen molar-refractivity contribution in [2.45, 2.75) is 44.9 Å². The summed E-state index contributed by atoms with van der Waals surface area (Å²) in [6.45, 7) is 4.58. The molecule has 0 rings (SSSR count). The Balaban J connectivity index is 4.04. The molecular weight excluding hydrogens is 240 g/mol. The molecule has 0 bridgehead atoms. The second-order valence-corrected chi connectivity index (χ2v) is 4.98. The van der Waals surface area contributed by atoms with Crippen molar-refractivity contribution in [3.63, 3.8) is 0 Å². The fraction of sp³-hybridized carbons (Fsp3) is 0.818. The third kappa shape index (κ3) is 7.99. The summed E-state index contributed by atoms with van der Waals surface area (Å²) in [6.07, 6.45) is -1.28. The molecule has 7 nitrogen and oxygen atoms in total. The molecule has 0 spiro atoms. The largest absolute Gasteiger partial charge is 0.460 e. The van der Waals surface area contributed by atoms with Crippen molar-refractivity contribution in [1.82, 2.24) is 5.32 Å². The van der Waals surface area contributed by atoms with Gasteiger partial charge in [-0.25, -0.2) is 0 Å². The minimum absolute atomic E-state index is 0.114. The average molecular weight is 262 g/mol. The molecule has 106 valence electrons. The normalized spacial score (nSPS) is 14.8. The van der Waals surface area contributed by atoms with E-state index >= 15 is 0 Å². The maximum absolute atomic E-state index is 11.4. The third-order valence-electron chi connectivity index (χ3n) is 1.87. The Labute approximate surface area is 106 Å². The number of hydrogen-bond donors (Lipinski definition) is 4. The summed E-state index contributed by atoms with van der Waals surface area (Å²) in [4.78, 5) is 22.8. The Bertz CT molecular complexity index is 288. The Morgan fingerprint density at radius 1 is 1.39 bits per heavy atom. The standard InChI is InChI=1S/C11H22N2O5/c1-11(2,3)18-9(16)4-8(12)10(17)13-5-7(15)6-14/h7-8,14-15H,4-6,12H2,1-3H3,(H,13,17). The zero-order valence-corrected chi connectivity index (χ0v) is 11.0. The highest BCUT2D eigenvalue weighted by atomic mass is 16.6. The molecule has 0 aromatic carbocycles. The Morgan fingerprint density at radius 3 is 2.39 bits per heavy atom. The maximum atomic E-state index is 11.4. The van der Waals surface area contributed by atoms with E-state index < -0.39 is 36.2 Å². The minimum atomic E-state index is -1.04. The third-order valence-corrected chi connectivity index (χ3v) is 1.87. The van der Waals surface area contributed by atoms with Crippen LogP contribution in [0.25, 0.3) is 0 Å². The summed E-state index contributed by atoms with van der Waals surface area (Å²) < 4.78 is 5.02. The lowest BCUT2D eigenvalue weighted by Crippen LogP contribution is -2.45. The second kappa shape index (κ2) is 7.30.